The molecule has 5 nitrogen and oxygen atoms in total. The summed E-state index contributed by atoms with van der Waals surface area (Å²) >= 11 is 6.10. The van der Waals surface area contributed by atoms with Crippen LogP contribution in [-0.2, 0) is 0 Å². The van der Waals surface area contributed by atoms with E-state index < -0.39 is 0 Å². The Morgan fingerprint density at radius 2 is 1.76 bits per heavy atom. The molecule has 6 heteroatoms. The minimum absolute atomic E-state index is 0.283. The van der Waals surface area contributed by atoms with Crippen LogP contribution in [0.15, 0.2) is 54.6 Å². The molecule has 3 rings (SSSR count). The maximum absolute atomic E-state index is 12.6. The molecular formula is C19H17ClN4O. The molecule has 0 saturated carbocycles. The molecule has 0 aliphatic rings. The van der Waals surface area contributed by atoms with Gasteiger partial charge in [-0.3, -0.25) is 4.79 Å². The number of aryl methyl sites for hydroxylation is 1. The number of anilines is 3. The molecule has 0 aliphatic carbocycles. The summed E-state index contributed by atoms with van der Waals surface area (Å²) in [6, 6.07) is 16.6. The van der Waals surface area contributed by atoms with Crippen LogP contribution in [0.25, 0.3) is 0 Å². The molecule has 3 aromatic rings. The zero-order valence-electron chi connectivity index (χ0n) is 13.9. The molecule has 0 radical (unpaired) electrons. The SMILES string of the molecule is Cc1nc(Nc2ccccc2)cc(C(=O)Nc2cccc(Cl)c2C)n1. The van der Waals surface area contributed by atoms with E-state index in [-0.39, 0.29) is 11.6 Å². The first-order valence-corrected chi connectivity index (χ1v) is 8.15. The van der Waals surface area contributed by atoms with Crippen LogP contribution in [0.3, 0.4) is 0 Å². The van der Waals surface area contributed by atoms with Gasteiger partial charge in [0.1, 0.15) is 17.3 Å². The van der Waals surface area contributed by atoms with Crippen LogP contribution in [0.4, 0.5) is 17.2 Å². The lowest BCUT2D eigenvalue weighted by molar-refractivity contribution is 0.102. The summed E-state index contributed by atoms with van der Waals surface area (Å²) in [4.78, 5) is 21.1. The highest BCUT2D eigenvalue weighted by Gasteiger charge is 2.13. The van der Waals surface area contributed by atoms with Gasteiger partial charge in [-0.1, -0.05) is 35.9 Å². The van der Waals surface area contributed by atoms with Gasteiger partial charge in [0.25, 0.3) is 5.91 Å². The zero-order chi connectivity index (χ0) is 17.8. The highest BCUT2D eigenvalue weighted by Crippen LogP contribution is 2.23. The highest BCUT2D eigenvalue weighted by atomic mass is 35.5. The van der Waals surface area contributed by atoms with E-state index >= 15 is 0 Å². The third kappa shape index (κ3) is 4.14. The van der Waals surface area contributed by atoms with E-state index in [9.17, 15) is 4.79 Å². The Balaban J connectivity index is 1.84. The van der Waals surface area contributed by atoms with Crippen molar-refractivity contribution in [3.63, 3.8) is 0 Å². The third-order valence-corrected chi connectivity index (χ3v) is 4.04. The van der Waals surface area contributed by atoms with Gasteiger partial charge in [0, 0.05) is 22.5 Å². The maximum Gasteiger partial charge on any atom is 0.274 e. The van der Waals surface area contributed by atoms with Crippen molar-refractivity contribution in [1.82, 2.24) is 9.97 Å². The average molecular weight is 353 g/mol. The number of hydrogen-bond acceptors (Lipinski definition) is 4. The second-order valence-electron chi connectivity index (χ2n) is 5.54. The molecule has 0 aliphatic heterocycles. The molecule has 0 fully saturated rings. The molecule has 126 valence electrons. The van der Waals surface area contributed by atoms with E-state index in [1.807, 2.05) is 37.3 Å². The zero-order valence-corrected chi connectivity index (χ0v) is 14.6. The Morgan fingerprint density at radius 1 is 1.00 bits per heavy atom. The standard InChI is InChI=1S/C19H17ClN4O/c1-12-15(20)9-6-10-16(12)24-19(25)17-11-18(22-13(2)21-17)23-14-7-4-3-5-8-14/h3-11H,1-2H3,(H,24,25)(H,21,22,23). The van der Waals surface area contributed by atoms with Crippen molar-refractivity contribution < 1.29 is 4.79 Å². The molecule has 1 amide bonds. The van der Waals surface area contributed by atoms with Crippen LogP contribution < -0.4 is 10.6 Å². The van der Waals surface area contributed by atoms with Crippen molar-refractivity contribution >= 4 is 34.7 Å². The number of para-hydroxylation sites is 1. The number of carbonyl (C=O) groups is 1. The number of carbonyl (C=O) groups excluding carboxylic acids is 1. The number of benzene rings is 2. The fraction of sp³-hybridized carbons (Fsp3) is 0.105. The summed E-state index contributed by atoms with van der Waals surface area (Å²) in [5.74, 6) is 0.757. The van der Waals surface area contributed by atoms with Crippen LogP contribution in [0.5, 0.6) is 0 Å². The first kappa shape index (κ1) is 16.9. The molecule has 0 spiro atoms. The fourth-order valence-electron chi connectivity index (χ4n) is 2.35. The maximum atomic E-state index is 12.6. The summed E-state index contributed by atoms with van der Waals surface area (Å²) in [6.07, 6.45) is 0. The van der Waals surface area contributed by atoms with Crippen LogP contribution in [0.2, 0.25) is 5.02 Å². The number of hydrogen-bond donors (Lipinski definition) is 2. The third-order valence-electron chi connectivity index (χ3n) is 3.63. The molecule has 25 heavy (non-hydrogen) atoms. The van der Waals surface area contributed by atoms with E-state index in [0.29, 0.717) is 22.4 Å². The lowest BCUT2D eigenvalue weighted by atomic mass is 10.2. The Hall–Kier alpha value is -2.92. The van der Waals surface area contributed by atoms with Gasteiger partial charge in [-0.25, -0.2) is 9.97 Å². The van der Waals surface area contributed by atoms with Crippen molar-refractivity contribution in [1.29, 1.82) is 0 Å². The first-order chi connectivity index (χ1) is 12.0. The summed E-state index contributed by atoms with van der Waals surface area (Å²) in [7, 11) is 0. The summed E-state index contributed by atoms with van der Waals surface area (Å²) in [5.41, 5.74) is 2.64. The van der Waals surface area contributed by atoms with Gasteiger partial charge in [0.15, 0.2) is 0 Å². The van der Waals surface area contributed by atoms with Crippen LogP contribution in [0.1, 0.15) is 21.9 Å². The predicted molar refractivity (Wildman–Crippen MR) is 101 cm³/mol. The van der Waals surface area contributed by atoms with Crippen molar-refractivity contribution in [2.75, 3.05) is 10.6 Å². The average Bonchev–Trinajstić information content (AvgIpc) is 2.59. The Morgan fingerprint density at radius 3 is 2.52 bits per heavy atom. The van der Waals surface area contributed by atoms with E-state index in [2.05, 4.69) is 20.6 Å². The molecule has 0 saturated heterocycles. The van der Waals surface area contributed by atoms with E-state index in [0.717, 1.165) is 11.3 Å². The van der Waals surface area contributed by atoms with Crippen molar-refractivity contribution in [3.8, 4) is 0 Å². The molecule has 0 bridgehead atoms. The Labute approximate surface area is 151 Å². The molecule has 0 unspecified atom stereocenters. The summed E-state index contributed by atoms with van der Waals surface area (Å²) < 4.78 is 0. The first-order valence-electron chi connectivity index (χ1n) is 7.77. The topological polar surface area (TPSA) is 66.9 Å². The molecular weight excluding hydrogens is 336 g/mol. The second kappa shape index (κ2) is 7.32. The molecule has 2 aromatic carbocycles. The van der Waals surface area contributed by atoms with Gasteiger partial charge < -0.3 is 10.6 Å². The normalized spacial score (nSPS) is 10.4. The van der Waals surface area contributed by atoms with Gasteiger partial charge in [0.05, 0.1) is 0 Å². The smallest absolute Gasteiger partial charge is 0.274 e. The minimum atomic E-state index is -0.313. The highest BCUT2D eigenvalue weighted by molar-refractivity contribution is 6.31. The lowest BCUT2D eigenvalue weighted by Crippen LogP contribution is -2.16. The lowest BCUT2D eigenvalue weighted by Gasteiger charge is -2.11. The van der Waals surface area contributed by atoms with Crippen molar-refractivity contribution in [2.24, 2.45) is 0 Å². The number of rotatable bonds is 4. The van der Waals surface area contributed by atoms with Crippen molar-refractivity contribution in [2.45, 2.75) is 13.8 Å². The van der Waals surface area contributed by atoms with Gasteiger partial charge in [-0.2, -0.15) is 0 Å². The van der Waals surface area contributed by atoms with Gasteiger partial charge in [-0.15, -0.1) is 0 Å². The summed E-state index contributed by atoms with van der Waals surface area (Å²) in [5, 5.41) is 6.62. The molecule has 1 aromatic heterocycles. The Kier molecular flexibility index (Phi) is 4.95. The fourth-order valence-corrected chi connectivity index (χ4v) is 2.52. The predicted octanol–water partition coefficient (Wildman–Crippen LogP) is 4.74. The van der Waals surface area contributed by atoms with Crippen molar-refractivity contribution in [3.05, 3.63) is 76.7 Å². The number of nitrogens with zero attached hydrogens (tertiary/aromatic N) is 2. The number of nitrogens with one attached hydrogen (secondary N) is 2. The monoisotopic (exact) mass is 352 g/mol. The van der Waals surface area contributed by atoms with Gasteiger partial charge >= 0.3 is 0 Å². The number of aromatic nitrogens is 2. The molecule has 0 atom stereocenters. The van der Waals surface area contributed by atoms with Gasteiger partial charge in [0.2, 0.25) is 0 Å². The van der Waals surface area contributed by atoms with Crippen LogP contribution >= 0.6 is 11.6 Å². The second-order valence-corrected chi connectivity index (χ2v) is 5.95. The number of halogens is 1. The quantitative estimate of drug-likeness (QED) is 0.711. The van der Waals surface area contributed by atoms with Gasteiger partial charge in [-0.05, 0) is 43.7 Å². The number of amides is 1. The minimum Gasteiger partial charge on any atom is -0.340 e. The molecule has 1 heterocycles. The van der Waals surface area contributed by atoms with E-state index in [1.54, 1.807) is 31.2 Å². The largest absolute Gasteiger partial charge is 0.340 e. The Bertz CT molecular complexity index is 913. The van der Waals surface area contributed by atoms with E-state index in [1.165, 1.54) is 0 Å². The van der Waals surface area contributed by atoms with E-state index in [4.69, 9.17) is 11.6 Å². The molecule has 2 N–H and O–H groups in total. The summed E-state index contributed by atoms with van der Waals surface area (Å²) in [6.45, 7) is 3.60. The van der Waals surface area contributed by atoms with Crippen LogP contribution in [0, 0.1) is 13.8 Å². The van der Waals surface area contributed by atoms with Crippen LogP contribution in [-0.4, -0.2) is 15.9 Å².